The van der Waals surface area contributed by atoms with Crippen LogP contribution in [0.2, 0.25) is 0 Å². The Morgan fingerprint density at radius 2 is 1.97 bits per heavy atom. The molecule has 11 heteroatoms. The van der Waals surface area contributed by atoms with Gasteiger partial charge in [-0.2, -0.15) is 4.52 Å². The number of aromatic nitrogens is 4. The Labute approximate surface area is 181 Å². The second-order valence-corrected chi connectivity index (χ2v) is 12.1. The van der Waals surface area contributed by atoms with Gasteiger partial charge in [0.15, 0.2) is 28.7 Å². The Kier molecular flexibility index (Phi) is 5.77. The molecule has 0 aliphatic carbocycles. The first kappa shape index (κ1) is 22.8. The van der Waals surface area contributed by atoms with Gasteiger partial charge in [-0.1, -0.05) is 13.8 Å². The highest BCUT2D eigenvalue weighted by molar-refractivity contribution is 7.74. The number of aryl methyl sites for hydroxylation is 1. The van der Waals surface area contributed by atoms with E-state index in [4.69, 9.17) is 14.7 Å². The summed E-state index contributed by atoms with van der Waals surface area (Å²) < 4.78 is 15.5. The van der Waals surface area contributed by atoms with Crippen LogP contribution < -0.4 is 5.49 Å². The van der Waals surface area contributed by atoms with E-state index in [1.165, 1.54) is 12.7 Å². The SMILES string of the molecule is CCC1C(C)[P+]1(O)O[C@@](C)(CC)C[C@H]1O[C@@H](n2cnc3c(=N)n(C)cnc32)[C@H](O)[C@@H]1O. The van der Waals surface area contributed by atoms with E-state index in [-0.39, 0.29) is 16.8 Å². The fraction of sp³-hybridized carbons (Fsp3) is 0.750. The summed E-state index contributed by atoms with van der Waals surface area (Å²) in [6.45, 7) is 8.00. The number of hydrogen-bond donors (Lipinski definition) is 4. The van der Waals surface area contributed by atoms with Crippen molar-refractivity contribution in [2.75, 3.05) is 0 Å². The van der Waals surface area contributed by atoms with Gasteiger partial charge in [0, 0.05) is 13.5 Å². The Hall–Kier alpha value is -1.42. The van der Waals surface area contributed by atoms with Crippen LogP contribution in [0, 0.1) is 5.41 Å². The molecule has 31 heavy (non-hydrogen) atoms. The third-order valence-corrected chi connectivity index (χ3v) is 10.7. The van der Waals surface area contributed by atoms with Crippen LogP contribution in [0.3, 0.4) is 0 Å². The van der Waals surface area contributed by atoms with E-state index in [9.17, 15) is 15.1 Å². The van der Waals surface area contributed by atoms with Gasteiger partial charge in [-0.15, -0.1) is 0 Å². The van der Waals surface area contributed by atoms with Crippen LogP contribution in [0.25, 0.3) is 11.2 Å². The molecule has 0 bridgehead atoms. The molecular weight excluding hydrogens is 421 g/mol. The molecule has 10 nitrogen and oxygen atoms in total. The molecule has 0 amide bonds. The standard InChI is InChI=1S/C20H33N5O5P/c1-6-13-11(3)31(13,28)30-20(4,7-2)8-12-15(26)16(27)19(29-12)25-10-22-14-17(21)24(5)9-23-18(14)25/h9-13,15-16,19,21,26-28H,6-8H2,1-5H3/q+1/t11?,12-,13?,15-,16-,19-,20+,31?/m1/s1. The molecule has 4 rings (SSSR count). The largest absolute Gasteiger partial charge is 0.388 e. The van der Waals surface area contributed by atoms with E-state index in [1.807, 2.05) is 20.8 Å². The average Bonchev–Trinajstić information content (AvgIpc) is 3.03. The highest BCUT2D eigenvalue weighted by Gasteiger charge is 2.75. The van der Waals surface area contributed by atoms with Crippen LogP contribution in [0.4, 0.5) is 0 Å². The molecule has 2 aromatic heterocycles. The second-order valence-electron chi connectivity index (χ2n) is 9.06. The molecule has 8 atom stereocenters. The summed E-state index contributed by atoms with van der Waals surface area (Å²) in [7, 11) is -0.742. The van der Waals surface area contributed by atoms with Crippen LogP contribution in [0.5, 0.6) is 0 Å². The maximum absolute atomic E-state index is 11.0. The molecule has 2 aliphatic rings. The van der Waals surface area contributed by atoms with Gasteiger partial charge in [0.1, 0.15) is 23.3 Å². The van der Waals surface area contributed by atoms with E-state index in [1.54, 1.807) is 16.2 Å². The summed E-state index contributed by atoms with van der Waals surface area (Å²) in [5, 5.41) is 29.6. The number of nitrogens with zero attached hydrogens (tertiary/aromatic N) is 4. The molecule has 2 aromatic rings. The lowest BCUT2D eigenvalue weighted by atomic mass is 9.93. The van der Waals surface area contributed by atoms with Crippen LogP contribution in [-0.4, -0.2) is 69.4 Å². The first-order valence-corrected chi connectivity index (χ1v) is 12.6. The van der Waals surface area contributed by atoms with Gasteiger partial charge in [0.25, 0.3) is 7.72 Å². The third-order valence-electron chi connectivity index (χ3n) is 7.00. The van der Waals surface area contributed by atoms with Gasteiger partial charge in [0.2, 0.25) is 0 Å². The zero-order valence-electron chi connectivity index (χ0n) is 18.6. The Balaban J connectivity index is 1.55. The molecule has 4 heterocycles. The molecule has 2 aliphatic heterocycles. The molecule has 3 unspecified atom stereocenters. The van der Waals surface area contributed by atoms with Gasteiger partial charge in [-0.25, -0.2) is 14.9 Å². The first-order chi connectivity index (χ1) is 14.6. The van der Waals surface area contributed by atoms with Crippen molar-refractivity contribution in [3.8, 4) is 0 Å². The van der Waals surface area contributed by atoms with E-state index in [0.29, 0.717) is 24.0 Å². The van der Waals surface area contributed by atoms with E-state index in [0.717, 1.165) is 6.42 Å². The number of rotatable bonds is 7. The minimum absolute atomic E-state index is 0.167. The average molecular weight is 454 g/mol. The summed E-state index contributed by atoms with van der Waals surface area (Å²) in [4.78, 5) is 19.5. The predicted molar refractivity (Wildman–Crippen MR) is 115 cm³/mol. The zero-order chi connectivity index (χ0) is 22.7. The fourth-order valence-corrected chi connectivity index (χ4v) is 7.98. The van der Waals surface area contributed by atoms with Crippen molar-refractivity contribution in [1.29, 1.82) is 5.41 Å². The van der Waals surface area contributed by atoms with Crippen LogP contribution in [0.15, 0.2) is 12.7 Å². The number of imidazole rings is 1. The second kappa shape index (κ2) is 7.86. The smallest absolute Gasteiger partial charge is 0.285 e. The molecule has 2 fully saturated rings. The molecule has 0 saturated carbocycles. The molecule has 0 spiro atoms. The van der Waals surface area contributed by atoms with Gasteiger partial charge in [-0.3, -0.25) is 9.98 Å². The summed E-state index contributed by atoms with van der Waals surface area (Å²) in [6.07, 6.45) is 0.957. The summed E-state index contributed by atoms with van der Waals surface area (Å²) in [5.74, 6) is 0. The quantitative estimate of drug-likeness (QED) is 0.465. The topological polar surface area (TPSA) is 139 Å². The van der Waals surface area contributed by atoms with Crippen molar-refractivity contribution < 1.29 is 24.4 Å². The third kappa shape index (κ3) is 3.63. The van der Waals surface area contributed by atoms with Crippen LogP contribution >= 0.6 is 7.72 Å². The van der Waals surface area contributed by atoms with Gasteiger partial charge < -0.3 is 19.5 Å². The minimum Gasteiger partial charge on any atom is -0.388 e. The summed E-state index contributed by atoms with van der Waals surface area (Å²) >= 11 is 0. The van der Waals surface area contributed by atoms with Gasteiger partial charge in [-0.05, 0) is 26.7 Å². The van der Waals surface area contributed by atoms with Gasteiger partial charge >= 0.3 is 0 Å². The monoisotopic (exact) mass is 454 g/mol. The van der Waals surface area contributed by atoms with Crippen molar-refractivity contribution in [1.82, 2.24) is 19.1 Å². The number of fused-ring (bicyclic) bond motifs is 1. The molecule has 0 radical (unpaired) electrons. The number of hydrogen-bond acceptors (Lipinski definition) is 8. The Bertz CT molecular complexity index is 1030. The molecule has 172 valence electrons. The number of aliphatic hydroxyl groups excluding tert-OH is 2. The molecular formula is C20H33N5O5P+. The van der Waals surface area contributed by atoms with E-state index in [2.05, 4.69) is 16.9 Å². The normalized spacial score (nSPS) is 37.3. The molecule has 4 N–H and O–H groups in total. The van der Waals surface area contributed by atoms with E-state index >= 15 is 0 Å². The van der Waals surface area contributed by atoms with Crippen molar-refractivity contribution in [3.05, 3.63) is 18.1 Å². The Morgan fingerprint density at radius 1 is 1.26 bits per heavy atom. The zero-order valence-corrected chi connectivity index (χ0v) is 19.5. The first-order valence-electron chi connectivity index (χ1n) is 10.8. The van der Waals surface area contributed by atoms with Crippen LogP contribution in [0.1, 0.15) is 53.2 Å². The fourth-order valence-electron chi connectivity index (χ4n) is 4.63. The Morgan fingerprint density at radius 3 is 2.58 bits per heavy atom. The van der Waals surface area contributed by atoms with Crippen molar-refractivity contribution in [2.24, 2.45) is 7.05 Å². The predicted octanol–water partition coefficient (Wildman–Crippen LogP) is 1.46. The van der Waals surface area contributed by atoms with E-state index < -0.39 is 37.9 Å². The number of ether oxygens (including phenoxy) is 1. The maximum atomic E-state index is 11.0. The lowest BCUT2D eigenvalue weighted by Gasteiger charge is -2.30. The number of aliphatic hydroxyl groups is 2. The van der Waals surface area contributed by atoms with Crippen molar-refractivity contribution in [3.63, 3.8) is 0 Å². The summed E-state index contributed by atoms with van der Waals surface area (Å²) in [6, 6.07) is 0. The minimum atomic E-state index is -2.45. The lowest BCUT2D eigenvalue weighted by molar-refractivity contribution is -0.0635. The van der Waals surface area contributed by atoms with Gasteiger partial charge in [0.05, 0.1) is 18.8 Å². The lowest BCUT2D eigenvalue weighted by Crippen LogP contribution is -2.38. The summed E-state index contributed by atoms with van der Waals surface area (Å²) in [5.41, 5.74) is 0.683. The highest BCUT2D eigenvalue weighted by Crippen LogP contribution is 2.84. The van der Waals surface area contributed by atoms with Crippen molar-refractivity contribution in [2.45, 2.75) is 88.4 Å². The molecule has 0 aromatic carbocycles. The van der Waals surface area contributed by atoms with Crippen LogP contribution in [-0.2, 0) is 16.3 Å². The number of nitrogens with one attached hydrogen (secondary N) is 1. The molecule has 2 saturated heterocycles. The highest BCUT2D eigenvalue weighted by atomic mass is 31.2. The van der Waals surface area contributed by atoms with Crippen molar-refractivity contribution >= 4 is 18.9 Å². The maximum Gasteiger partial charge on any atom is 0.285 e.